The Morgan fingerprint density at radius 3 is 3.05 bits per heavy atom. The maximum Gasteiger partial charge on any atom is 0.234 e. The summed E-state index contributed by atoms with van der Waals surface area (Å²) in [6.45, 7) is 1.87. The molecule has 1 aliphatic rings. The first-order valence-electron chi connectivity index (χ1n) is 7.38. The van der Waals surface area contributed by atoms with Crippen molar-refractivity contribution in [2.24, 2.45) is 7.05 Å². The average molecular weight is 287 g/mol. The summed E-state index contributed by atoms with van der Waals surface area (Å²) in [5, 5.41) is 2.91. The van der Waals surface area contributed by atoms with Crippen molar-refractivity contribution in [3.8, 4) is 0 Å². The van der Waals surface area contributed by atoms with Crippen LogP contribution in [0.15, 0.2) is 41.1 Å². The molecule has 0 radical (unpaired) electrons. The van der Waals surface area contributed by atoms with Crippen LogP contribution in [0.1, 0.15) is 30.3 Å². The largest absolute Gasteiger partial charge is 0.467 e. The van der Waals surface area contributed by atoms with Crippen molar-refractivity contribution in [1.29, 1.82) is 0 Å². The molecule has 0 aliphatic carbocycles. The van der Waals surface area contributed by atoms with Gasteiger partial charge in [0.15, 0.2) is 0 Å². The van der Waals surface area contributed by atoms with E-state index in [1.54, 1.807) is 6.26 Å². The molecule has 1 aliphatic heterocycles. The van der Waals surface area contributed by atoms with E-state index in [9.17, 15) is 4.79 Å². The van der Waals surface area contributed by atoms with E-state index in [1.165, 1.54) is 5.69 Å². The number of amides is 1. The van der Waals surface area contributed by atoms with Gasteiger partial charge >= 0.3 is 0 Å². The minimum atomic E-state index is 0.0486. The number of nitrogens with zero attached hydrogens (tertiary/aromatic N) is 2. The van der Waals surface area contributed by atoms with Crippen LogP contribution in [0.25, 0.3) is 0 Å². The topological polar surface area (TPSA) is 50.4 Å². The van der Waals surface area contributed by atoms with E-state index >= 15 is 0 Å². The molecule has 1 atom stereocenters. The van der Waals surface area contributed by atoms with E-state index in [4.69, 9.17) is 4.42 Å². The molecule has 3 heterocycles. The molecule has 1 saturated heterocycles. The quantitative estimate of drug-likeness (QED) is 0.916. The first-order valence-corrected chi connectivity index (χ1v) is 7.38. The number of rotatable bonds is 5. The van der Waals surface area contributed by atoms with Gasteiger partial charge in [0, 0.05) is 18.9 Å². The third kappa shape index (κ3) is 3.19. The summed E-state index contributed by atoms with van der Waals surface area (Å²) in [5.41, 5.74) is 1.28. The molecule has 1 N–H and O–H groups in total. The molecule has 5 nitrogen and oxygen atoms in total. The van der Waals surface area contributed by atoms with Crippen LogP contribution >= 0.6 is 0 Å². The fourth-order valence-electron chi connectivity index (χ4n) is 3.01. The molecule has 2 aromatic rings. The van der Waals surface area contributed by atoms with E-state index in [-0.39, 0.29) is 5.91 Å². The average Bonchev–Trinajstić information content (AvgIpc) is 3.18. The minimum absolute atomic E-state index is 0.0486. The van der Waals surface area contributed by atoms with Gasteiger partial charge in [-0.2, -0.15) is 0 Å². The summed E-state index contributed by atoms with van der Waals surface area (Å²) >= 11 is 0. The molecule has 0 saturated carbocycles. The Bertz CT molecular complexity index is 588. The number of likely N-dealkylation sites (tertiary alicyclic amines) is 1. The second kappa shape index (κ2) is 6.18. The highest BCUT2D eigenvalue weighted by molar-refractivity contribution is 5.78. The second-order valence-corrected chi connectivity index (χ2v) is 5.53. The molecule has 1 amide bonds. The van der Waals surface area contributed by atoms with Gasteiger partial charge in [0.2, 0.25) is 5.91 Å². The van der Waals surface area contributed by atoms with Gasteiger partial charge in [0.1, 0.15) is 5.76 Å². The SMILES string of the molecule is Cn1cccc1C1CCCN1CC(=O)NCc1ccco1. The molecule has 1 fully saturated rings. The molecular weight excluding hydrogens is 266 g/mol. The van der Waals surface area contributed by atoms with Crippen LogP contribution in [0.3, 0.4) is 0 Å². The standard InChI is InChI=1S/C16H21N3O2/c1-18-8-2-6-14(18)15-7-3-9-19(15)12-16(20)17-11-13-5-4-10-21-13/h2,4-6,8,10,15H,3,7,9,11-12H2,1H3,(H,17,20). The molecular formula is C16H21N3O2. The Hall–Kier alpha value is -2.01. The minimum Gasteiger partial charge on any atom is -0.467 e. The Labute approximate surface area is 124 Å². The number of furan rings is 1. The van der Waals surface area contributed by atoms with Gasteiger partial charge in [-0.25, -0.2) is 0 Å². The monoisotopic (exact) mass is 287 g/mol. The lowest BCUT2D eigenvalue weighted by atomic mass is 10.1. The number of carbonyl (C=O) groups excluding carboxylic acids is 1. The summed E-state index contributed by atoms with van der Waals surface area (Å²) in [5.74, 6) is 0.830. The second-order valence-electron chi connectivity index (χ2n) is 5.53. The zero-order valence-electron chi connectivity index (χ0n) is 12.3. The number of nitrogens with one attached hydrogen (secondary N) is 1. The van der Waals surface area contributed by atoms with Crippen molar-refractivity contribution in [3.63, 3.8) is 0 Å². The normalized spacial score (nSPS) is 19.0. The summed E-state index contributed by atoms with van der Waals surface area (Å²) in [4.78, 5) is 14.3. The molecule has 0 spiro atoms. The predicted molar refractivity (Wildman–Crippen MR) is 79.5 cm³/mol. The fourth-order valence-corrected chi connectivity index (χ4v) is 3.01. The highest BCUT2D eigenvalue weighted by atomic mass is 16.3. The maximum absolute atomic E-state index is 12.1. The number of hydrogen-bond acceptors (Lipinski definition) is 3. The van der Waals surface area contributed by atoms with Crippen molar-refractivity contribution in [3.05, 3.63) is 48.2 Å². The van der Waals surface area contributed by atoms with Crippen LogP contribution in [0, 0.1) is 0 Å². The van der Waals surface area contributed by atoms with Crippen LogP contribution in [-0.2, 0) is 18.4 Å². The van der Waals surface area contributed by atoms with Crippen molar-refractivity contribution in [2.45, 2.75) is 25.4 Å². The van der Waals surface area contributed by atoms with Crippen LogP contribution in [0.2, 0.25) is 0 Å². The summed E-state index contributed by atoms with van der Waals surface area (Å²) in [7, 11) is 2.06. The van der Waals surface area contributed by atoms with Crippen LogP contribution in [-0.4, -0.2) is 28.5 Å². The lowest BCUT2D eigenvalue weighted by Gasteiger charge is -2.24. The van der Waals surface area contributed by atoms with Gasteiger partial charge in [-0.1, -0.05) is 0 Å². The van der Waals surface area contributed by atoms with Gasteiger partial charge < -0.3 is 14.3 Å². The van der Waals surface area contributed by atoms with Gasteiger partial charge in [0.05, 0.1) is 25.4 Å². The Balaban J connectivity index is 1.56. The highest BCUT2D eigenvalue weighted by Gasteiger charge is 2.28. The number of hydrogen-bond donors (Lipinski definition) is 1. The Morgan fingerprint density at radius 1 is 1.43 bits per heavy atom. The van der Waals surface area contributed by atoms with E-state index in [1.807, 2.05) is 12.1 Å². The lowest BCUT2D eigenvalue weighted by Crippen LogP contribution is -2.37. The van der Waals surface area contributed by atoms with E-state index in [0.29, 0.717) is 19.1 Å². The zero-order chi connectivity index (χ0) is 14.7. The summed E-state index contributed by atoms with van der Waals surface area (Å²) in [6.07, 6.45) is 5.93. The van der Waals surface area contributed by atoms with Gasteiger partial charge in [-0.3, -0.25) is 9.69 Å². The molecule has 1 unspecified atom stereocenters. The van der Waals surface area contributed by atoms with Crippen LogP contribution in [0.5, 0.6) is 0 Å². The molecule has 0 aromatic carbocycles. The maximum atomic E-state index is 12.1. The smallest absolute Gasteiger partial charge is 0.234 e. The first kappa shape index (κ1) is 13.9. The third-order valence-electron chi connectivity index (χ3n) is 4.08. The Morgan fingerprint density at radius 2 is 2.33 bits per heavy atom. The number of carbonyl (C=O) groups is 1. The molecule has 112 valence electrons. The predicted octanol–water partition coefficient (Wildman–Crippen LogP) is 2.07. The number of aromatic nitrogens is 1. The summed E-state index contributed by atoms with van der Waals surface area (Å²) in [6, 6.07) is 8.24. The van der Waals surface area contributed by atoms with Crippen LogP contribution < -0.4 is 5.32 Å². The Kier molecular flexibility index (Phi) is 4.10. The lowest BCUT2D eigenvalue weighted by molar-refractivity contribution is -0.122. The van der Waals surface area contributed by atoms with Gasteiger partial charge in [-0.05, 0) is 43.7 Å². The van der Waals surface area contributed by atoms with Crippen molar-refractivity contribution in [1.82, 2.24) is 14.8 Å². The van der Waals surface area contributed by atoms with Crippen LogP contribution in [0.4, 0.5) is 0 Å². The highest BCUT2D eigenvalue weighted by Crippen LogP contribution is 2.31. The molecule has 3 rings (SSSR count). The summed E-state index contributed by atoms with van der Waals surface area (Å²) < 4.78 is 7.36. The fraction of sp³-hybridized carbons (Fsp3) is 0.438. The zero-order valence-corrected chi connectivity index (χ0v) is 12.3. The van der Waals surface area contributed by atoms with Crippen molar-refractivity contribution < 1.29 is 9.21 Å². The third-order valence-corrected chi connectivity index (χ3v) is 4.08. The van der Waals surface area contributed by atoms with Crippen molar-refractivity contribution >= 4 is 5.91 Å². The van der Waals surface area contributed by atoms with E-state index in [0.717, 1.165) is 25.1 Å². The molecule has 2 aromatic heterocycles. The number of aryl methyl sites for hydroxylation is 1. The van der Waals surface area contributed by atoms with E-state index in [2.05, 4.69) is 40.2 Å². The molecule has 0 bridgehead atoms. The van der Waals surface area contributed by atoms with E-state index < -0.39 is 0 Å². The van der Waals surface area contributed by atoms with Gasteiger partial charge in [0.25, 0.3) is 0 Å². The molecule has 5 heteroatoms. The first-order chi connectivity index (χ1) is 10.2. The van der Waals surface area contributed by atoms with Gasteiger partial charge in [-0.15, -0.1) is 0 Å². The van der Waals surface area contributed by atoms with Crippen molar-refractivity contribution in [2.75, 3.05) is 13.1 Å². The molecule has 21 heavy (non-hydrogen) atoms.